The molecule has 0 fully saturated rings. The van der Waals surface area contributed by atoms with Crippen molar-refractivity contribution in [2.24, 2.45) is 5.10 Å². The first-order valence-electron chi connectivity index (χ1n) is 7.95. The number of benzene rings is 2. The molecule has 1 amide bonds. The van der Waals surface area contributed by atoms with E-state index in [2.05, 4.69) is 44.5 Å². The van der Waals surface area contributed by atoms with Gasteiger partial charge >= 0.3 is 0 Å². The lowest BCUT2D eigenvalue weighted by Gasteiger charge is -2.16. The summed E-state index contributed by atoms with van der Waals surface area (Å²) in [5.74, 6) is -0.158. The Bertz CT molecular complexity index is 729. The maximum absolute atomic E-state index is 12.3. The fourth-order valence-electron chi connectivity index (χ4n) is 2.29. The van der Waals surface area contributed by atoms with Gasteiger partial charge in [0.15, 0.2) is 0 Å². The molecule has 0 aliphatic rings. The topological polar surface area (TPSA) is 53.5 Å². The minimum absolute atomic E-state index is 0.158. The van der Waals surface area contributed by atoms with Crippen LogP contribution in [-0.4, -0.2) is 17.7 Å². The Morgan fingerprint density at radius 3 is 2.54 bits per heavy atom. The van der Waals surface area contributed by atoms with E-state index in [1.807, 2.05) is 63.2 Å². The van der Waals surface area contributed by atoms with Crippen LogP contribution in [0.1, 0.15) is 31.4 Å². The lowest BCUT2D eigenvalue weighted by molar-refractivity contribution is -0.121. The highest BCUT2D eigenvalue weighted by atomic mass is 127. The Balaban J connectivity index is 2.01. The number of carbonyl (C=O) groups is 1. The fourth-order valence-corrected chi connectivity index (χ4v) is 2.93. The average molecular weight is 435 g/mol. The van der Waals surface area contributed by atoms with Crippen LogP contribution in [-0.2, 0) is 4.79 Å². The summed E-state index contributed by atoms with van der Waals surface area (Å²) in [6.07, 6.45) is 0.752. The zero-order valence-electron chi connectivity index (χ0n) is 14.1. The van der Waals surface area contributed by atoms with Crippen molar-refractivity contribution in [1.29, 1.82) is 0 Å². The molecule has 1 atom stereocenters. The van der Waals surface area contributed by atoms with Crippen LogP contribution in [0.25, 0.3) is 0 Å². The van der Waals surface area contributed by atoms with Crippen LogP contribution in [0.3, 0.4) is 0 Å². The number of hydrazone groups is 1. The maximum atomic E-state index is 12.3. The highest BCUT2D eigenvalue weighted by molar-refractivity contribution is 14.1. The first-order valence-corrected chi connectivity index (χ1v) is 9.03. The van der Waals surface area contributed by atoms with Gasteiger partial charge in [0, 0.05) is 9.26 Å². The molecule has 0 saturated carbocycles. The van der Waals surface area contributed by atoms with Crippen LogP contribution in [0.2, 0.25) is 0 Å². The summed E-state index contributed by atoms with van der Waals surface area (Å²) >= 11 is 2.27. The third-order valence-corrected chi connectivity index (χ3v) is 4.37. The van der Waals surface area contributed by atoms with Crippen molar-refractivity contribution >= 4 is 39.9 Å². The van der Waals surface area contributed by atoms with Crippen molar-refractivity contribution in [2.45, 2.75) is 33.2 Å². The maximum Gasteiger partial charge on any atom is 0.262 e. The zero-order valence-corrected chi connectivity index (χ0v) is 16.3. The number of amides is 1. The number of hydrogen-bond donors (Lipinski definition) is 2. The SMILES string of the molecule is CCC(=NNC(=O)[C@@H](C)Nc1ccc(I)cc1C)c1ccccc1. The molecule has 4 nitrogen and oxygen atoms in total. The Morgan fingerprint density at radius 1 is 1.21 bits per heavy atom. The number of carbonyl (C=O) groups excluding carboxylic acids is 1. The minimum atomic E-state index is -0.374. The molecule has 5 heteroatoms. The number of nitrogens with one attached hydrogen (secondary N) is 2. The molecule has 126 valence electrons. The molecule has 2 aromatic carbocycles. The van der Waals surface area contributed by atoms with E-state index in [1.54, 1.807) is 0 Å². The van der Waals surface area contributed by atoms with E-state index in [0.717, 1.165) is 28.9 Å². The fraction of sp³-hybridized carbons (Fsp3) is 0.263. The third-order valence-electron chi connectivity index (χ3n) is 3.70. The summed E-state index contributed by atoms with van der Waals surface area (Å²) in [4.78, 5) is 12.3. The number of hydrogen-bond acceptors (Lipinski definition) is 3. The van der Waals surface area contributed by atoms with Crippen LogP contribution >= 0.6 is 22.6 Å². The van der Waals surface area contributed by atoms with E-state index >= 15 is 0 Å². The second-order valence-corrected chi connectivity index (χ2v) is 6.83. The van der Waals surface area contributed by atoms with Gasteiger partial charge < -0.3 is 5.32 Å². The van der Waals surface area contributed by atoms with E-state index in [-0.39, 0.29) is 11.9 Å². The van der Waals surface area contributed by atoms with Crippen LogP contribution < -0.4 is 10.7 Å². The molecule has 0 heterocycles. The molecular weight excluding hydrogens is 413 g/mol. The summed E-state index contributed by atoms with van der Waals surface area (Å²) in [6.45, 7) is 5.88. The molecule has 0 spiro atoms. The van der Waals surface area contributed by atoms with Gasteiger partial charge in [0.25, 0.3) is 5.91 Å². The molecule has 0 aliphatic carbocycles. The predicted molar refractivity (Wildman–Crippen MR) is 108 cm³/mol. The molecule has 0 bridgehead atoms. The Hall–Kier alpha value is -1.89. The van der Waals surface area contributed by atoms with Crippen LogP contribution in [0.4, 0.5) is 5.69 Å². The van der Waals surface area contributed by atoms with E-state index < -0.39 is 0 Å². The monoisotopic (exact) mass is 435 g/mol. The van der Waals surface area contributed by atoms with Gasteiger partial charge in [-0.2, -0.15) is 5.10 Å². The highest BCUT2D eigenvalue weighted by Crippen LogP contribution is 2.18. The quantitative estimate of drug-likeness (QED) is 0.403. The first-order chi connectivity index (χ1) is 11.5. The van der Waals surface area contributed by atoms with Gasteiger partial charge in [-0.1, -0.05) is 37.3 Å². The Kier molecular flexibility index (Phi) is 6.78. The van der Waals surface area contributed by atoms with E-state index in [4.69, 9.17) is 0 Å². The molecule has 0 aliphatic heterocycles. The first kappa shape index (κ1) is 18.4. The number of aryl methyl sites for hydroxylation is 1. The lowest BCUT2D eigenvalue weighted by Crippen LogP contribution is -2.35. The lowest BCUT2D eigenvalue weighted by atomic mass is 10.1. The minimum Gasteiger partial charge on any atom is -0.374 e. The van der Waals surface area contributed by atoms with Crippen LogP contribution in [0.5, 0.6) is 0 Å². The summed E-state index contributed by atoms with van der Waals surface area (Å²) in [6, 6.07) is 15.6. The number of nitrogens with zero attached hydrogens (tertiary/aromatic N) is 1. The van der Waals surface area contributed by atoms with Gasteiger partial charge in [-0.3, -0.25) is 4.79 Å². The summed E-state index contributed by atoms with van der Waals surface area (Å²) in [5.41, 5.74) is 6.63. The molecule has 24 heavy (non-hydrogen) atoms. The van der Waals surface area contributed by atoms with Gasteiger partial charge in [0.1, 0.15) is 6.04 Å². The molecule has 2 N–H and O–H groups in total. The standard InChI is InChI=1S/C19H22IN3O/c1-4-17(15-8-6-5-7-9-15)22-23-19(24)14(3)21-18-11-10-16(20)12-13(18)2/h5-12,14,21H,4H2,1-3H3,(H,23,24)/t14-/m1/s1. The second kappa shape index (κ2) is 8.82. The van der Waals surface area contributed by atoms with Crippen molar-refractivity contribution in [3.05, 3.63) is 63.2 Å². The molecule has 2 aromatic rings. The zero-order chi connectivity index (χ0) is 17.5. The Labute approximate surface area is 156 Å². The van der Waals surface area contributed by atoms with Gasteiger partial charge in [0.05, 0.1) is 5.71 Å². The predicted octanol–water partition coefficient (Wildman–Crippen LogP) is 4.33. The molecule has 0 radical (unpaired) electrons. The van der Waals surface area contributed by atoms with E-state index in [9.17, 15) is 4.79 Å². The van der Waals surface area contributed by atoms with Gasteiger partial charge in [-0.05, 0) is 72.2 Å². The van der Waals surface area contributed by atoms with Crippen molar-refractivity contribution in [3.8, 4) is 0 Å². The molecule has 0 unspecified atom stereocenters. The largest absolute Gasteiger partial charge is 0.374 e. The Morgan fingerprint density at radius 2 is 1.92 bits per heavy atom. The summed E-state index contributed by atoms with van der Waals surface area (Å²) in [7, 11) is 0. The number of halogens is 1. The van der Waals surface area contributed by atoms with Crippen molar-refractivity contribution in [3.63, 3.8) is 0 Å². The third kappa shape index (κ3) is 5.06. The van der Waals surface area contributed by atoms with Crippen LogP contribution in [0.15, 0.2) is 53.6 Å². The number of rotatable bonds is 6. The van der Waals surface area contributed by atoms with Crippen LogP contribution in [0, 0.1) is 10.5 Å². The van der Waals surface area contributed by atoms with Crippen molar-refractivity contribution in [1.82, 2.24) is 5.43 Å². The average Bonchev–Trinajstić information content (AvgIpc) is 2.58. The smallest absolute Gasteiger partial charge is 0.262 e. The molecule has 2 rings (SSSR count). The molecule has 0 aromatic heterocycles. The van der Waals surface area contributed by atoms with E-state index in [1.165, 1.54) is 3.57 Å². The summed E-state index contributed by atoms with van der Waals surface area (Å²) < 4.78 is 1.17. The molecular formula is C19H22IN3O. The number of anilines is 1. The second-order valence-electron chi connectivity index (χ2n) is 5.58. The van der Waals surface area contributed by atoms with Gasteiger partial charge in [0.2, 0.25) is 0 Å². The summed E-state index contributed by atoms with van der Waals surface area (Å²) in [5, 5.41) is 7.52. The van der Waals surface area contributed by atoms with Gasteiger partial charge in [-0.15, -0.1) is 0 Å². The molecule has 0 saturated heterocycles. The van der Waals surface area contributed by atoms with Gasteiger partial charge in [-0.25, -0.2) is 5.43 Å². The normalized spacial score (nSPS) is 12.6. The van der Waals surface area contributed by atoms with E-state index in [0.29, 0.717) is 0 Å². The van der Waals surface area contributed by atoms with Crippen molar-refractivity contribution in [2.75, 3.05) is 5.32 Å². The highest BCUT2D eigenvalue weighted by Gasteiger charge is 2.13. The van der Waals surface area contributed by atoms with Crippen molar-refractivity contribution < 1.29 is 4.79 Å².